The zero-order valence-corrected chi connectivity index (χ0v) is 13.4. The molecule has 0 heterocycles. The first-order valence-corrected chi connectivity index (χ1v) is 8.06. The van der Waals surface area contributed by atoms with Crippen molar-refractivity contribution >= 4 is 15.9 Å². The minimum Gasteiger partial charge on any atom is -0.306 e. The lowest BCUT2D eigenvalue weighted by Gasteiger charge is -2.19. The van der Waals surface area contributed by atoms with Crippen LogP contribution >= 0.6 is 15.9 Å². The van der Waals surface area contributed by atoms with Gasteiger partial charge in [-0.1, -0.05) is 58.4 Å². The van der Waals surface area contributed by atoms with E-state index in [2.05, 4.69) is 76.7 Å². The summed E-state index contributed by atoms with van der Waals surface area (Å²) in [4.78, 5) is 0. The Balaban J connectivity index is 1.72. The van der Waals surface area contributed by atoms with E-state index >= 15 is 0 Å². The third-order valence-electron chi connectivity index (χ3n) is 3.97. The van der Waals surface area contributed by atoms with Gasteiger partial charge in [0.1, 0.15) is 0 Å². The van der Waals surface area contributed by atoms with Gasteiger partial charge in [0.15, 0.2) is 0 Å². The Morgan fingerprint density at radius 2 is 1.90 bits per heavy atom. The molecule has 2 aromatic carbocycles. The van der Waals surface area contributed by atoms with Crippen molar-refractivity contribution in [2.75, 3.05) is 0 Å². The molecule has 2 aromatic rings. The van der Waals surface area contributed by atoms with Crippen LogP contribution in [0, 0.1) is 12.8 Å². The molecule has 0 saturated heterocycles. The van der Waals surface area contributed by atoms with E-state index < -0.39 is 0 Å². The summed E-state index contributed by atoms with van der Waals surface area (Å²) in [5.41, 5.74) is 4.04. The molecule has 1 aliphatic rings. The molecule has 3 rings (SSSR count). The molecule has 0 aliphatic heterocycles. The second-order valence-corrected chi connectivity index (χ2v) is 6.56. The molecular weight excluding hydrogens is 310 g/mol. The number of benzene rings is 2. The smallest absolute Gasteiger partial charge is 0.0351 e. The molecule has 104 valence electrons. The Kier molecular flexibility index (Phi) is 4.23. The van der Waals surface area contributed by atoms with Gasteiger partial charge in [-0.15, -0.1) is 0 Å². The molecule has 1 saturated carbocycles. The average molecular weight is 330 g/mol. The van der Waals surface area contributed by atoms with E-state index in [0.29, 0.717) is 6.04 Å². The lowest BCUT2D eigenvalue weighted by atomic mass is 10.0. The van der Waals surface area contributed by atoms with Crippen LogP contribution in [0.4, 0.5) is 0 Å². The van der Waals surface area contributed by atoms with Crippen LogP contribution in [-0.2, 0) is 6.54 Å². The van der Waals surface area contributed by atoms with E-state index in [0.717, 1.165) is 12.5 Å². The summed E-state index contributed by atoms with van der Waals surface area (Å²) in [6.45, 7) is 3.04. The van der Waals surface area contributed by atoms with Gasteiger partial charge in [0.2, 0.25) is 0 Å². The Morgan fingerprint density at radius 3 is 2.55 bits per heavy atom. The maximum atomic E-state index is 3.74. The van der Waals surface area contributed by atoms with Gasteiger partial charge in [0.25, 0.3) is 0 Å². The molecule has 1 nitrogen and oxygen atoms in total. The number of hydrogen-bond acceptors (Lipinski definition) is 1. The minimum absolute atomic E-state index is 0.490. The zero-order valence-electron chi connectivity index (χ0n) is 11.8. The second-order valence-electron chi connectivity index (χ2n) is 5.70. The van der Waals surface area contributed by atoms with Crippen LogP contribution in [0.2, 0.25) is 0 Å². The predicted molar refractivity (Wildman–Crippen MR) is 87.6 cm³/mol. The van der Waals surface area contributed by atoms with Gasteiger partial charge < -0.3 is 5.32 Å². The Hall–Kier alpha value is -1.12. The van der Waals surface area contributed by atoms with E-state index in [1.807, 2.05) is 0 Å². The van der Waals surface area contributed by atoms with Crippen molar-refractivity contribution in [2.45, 2.75) is 32.4 Å². The quantitative estimate of drug-likeness (QED) is 0.814. The monoisotopic (exact) mass is 329 g/mol. The van der Waals surface area contributed by atoms with Crippen molar-refractivity contribution < 1.29 is 0 Å². The standard InChI is InChI=1S/C18H20BrN/c1-13-7-8-16(17(19)11-13)12-20-18(15-9-10-15)14-5-3-2-4-6-14/h2-8,11,15,18,20H,9-10,12H2,1H3. The Bertz CT molecular complexity index is 575. The highest BCUT2D eigenvalue weighted by Crippen LogP contribution is 2.41. The van der Waals surface area contributed by atoms with Crippen LogP contribution in [0.25, 0.3) is 0 Å². The van der Waals surface area contributed by atoms with E-state index in [1.54, 1.807) is 0 Å². The summed E-state index contributed by atoms with van der Waals surface area (Å²) in [5.74, 6) is 0.807. The van der Waals surface area contributed by atoms with Gasteiger partial charge in [-0.3, -0.25) is 0 Å². The largest absolute Gasteiger partial charge is 0.306 e. The van der Waals surface area contributed by atoms with Crippen LogP contribution in [0.3, 0.4) is 0 Å². The van der Waals surface area contributed by atoms with E-state index in [-0.39, 0.29) is 0 Å². The zero-order chi connectivity index (χ0) is 13.9. The van der Waals surface area contributed by atoms with Crippen LogP contribution in [0.15, 0.2) is 53.0 Å². The van der Waals surface area contributed by atoms with Gasteiger partial charge in [-0.25, -0.2) is 0 Å². The molecule has 0 aromatic heterocycles. The summed E-state index contributed by atoms with van der Waals surface area (Å²) in [7, 11) is 0. The van der Waals surface area contributed by atoms with Crippen molar-refractivity contribution in [2.24, 2.45) is 5.92 Å². The maximum Gasteiger partial charge on any atom is 0.0351 e. The Morgan fingerprint density at radius 1 is 1.15 bits per heavy atom. The van der Waals surface area contributed by atoms with Gasteiger partial charge in [-0.05, 0) is 48.4 Å². The average Bonchev–Trinajstić information content (AvgIpc) is 3.27. The normalized spacial score (nSPS) is 16.1. The molecule has 20 heavy (non-hydrogen) atoms. The lowest BCUT2D eigenvalue weighted by Crippen LogP contribution is -2.22. The molecule has 0 amide bonds. The molecule has 0 bridgehead atoms. The fraction of sp³-hybridized carbons (Fsp3) is 0.333. The van der Waals surface area contributed by atoms with Crippen molar-refractivity contribution in [3.63, 3.8) is 0 Å². The topological polar surface area (TPSA) is 12.0 Å². The summed E-state index contributed by atoms with van der Waals surface area (Å²) in [5, 5.41) is 3.74. The Labute approximate surface area is 129 Å². The van der Waals surface area contributed by atoms with Crippen LogP contribution in [0.5, 0.6) is 0 Å². The van der Waals surface area contributed by atoms with Gasteiger partial charge >= 0.3 is 0 Å². The minimum atomic E-state index is 0.490. The molecule has 0 radical (unpaired) electrons. The fourth-order valence-electron chi connectivity index (χ4n) is 2.66. The molecule has 0 spiro atoms. The third kappa shape index (κ3) is 3.31. The molecule has 1 unspecified atom stereocenters. The van der Waals surface area contributed by atoms with Crippen molar-refractivity contribution in [3.05, 3.63) is 69.7 Å². The first kappa shape index (κ1) is 13.8. The summed E-state index contributed by atoms with van der Waals surface area (Å²) in [6, 6.07) is 17.9. The molecule has 1 N–H and O–H groups in total. The first-order valence-electron chi connectivity index (χ1n) is 7.27. The van der Waals surface area contributed by atoms with Crippen LogP contribution < -0.4 is 5.32 Å². The van der Waals surface area contributed by atoms with Crippen LogP contribution in [-0.4, -0.2) is 0 Å². The molecular formula is C18H20BrN. The summed E-state index contributed by atoms with van der Waals surface area (Å²) < 4.78 is 1.20. The van der Waals surface area contributed by atoms with E-state index in [4.69, 9.17) is 0 Å². The predicted octanol–water partition coefficient (Wildman–Crippen LogP) is 5.00. The summed E-state index contributed by atoms with van der Waals surface area (Å²) in [6.07, 6.45) is 2.70. The maximum absolute atomic E-state index is 3.74. The van der Waals surface area contributed by atoms with E-state index in [1.165, 1.54) is 34.0 Å². The summed E-state index contributed by atoms with van der Waals surface area (Å²) >= 11 is 3.67. The van der Waals surface area contributed by atoms with Crippen LogP contribution in [0.1, 0.15) is 35.6 Å². The van der Waals surface area contributed by atoms with Crippen molar-refractivity contribution in [1.29, 1.82) is 0 Å². The fourth-order valence-corrected chi connectivity index (χ4v) is 3.30. The number of halogens is 1. The van der Waals surface area contributed by atoms with Gasteiger partial charge in [0.05, 0.1) is 0 Å². The molecule has 2 heteroatoms. The van der Waals surface area contributed by atoms with Gasteiger partial charge in [-0.2, -0.15) is 0 Å². The number of rotatable bonds is 5. The van der Waals surface area contributed by atoms with E-state index in [9.17, 15) is 0 Å². The number of aryl methyl sites for hydroxylation is 1. The number of nitrogens with one attached hydrogen (secondary N) is 1. The SMILES string of the molecule is Cc1ccc(CNC(c2ccccc2)C2CC2)c(Br)c1. The lowest BCUT2D eigenvalue weighted by molar-refractivity contribution is 0.480. The second kappa shape index (κ2) is 6.11. The highest BCUT2D eigenvalue weighted by atomic mass is 79.9. The highest BCUT2D eigenvalue weighted by molar-refractivity contribution is 9.10. The number of hydrogen-bond donors (Lipinski definition) is 1. The van der Waals surface area contributed by atoms with Crippen molar-refractivity contribution in [1.82, 2.24) is 5.32 Å². The third-order valence-corrected chi connectivity index (χ3v) is 4.71. The first-order chi connectivity index (χ1) is 9.74. The van der Waals surface area contributed by atoms with Gasteiger partial charge in [0, 0.05) is 17.1 Å². The molecule has 1 aliphatic carbocycles. The van der Waals surface area contributed by atoms with Crippen molar-refractivity contribution in [3.8, 4) is 0 Å². The molecule has 1 atom stereocenters. The highest BCUT2D eigenvalue weighted by Gasteiger charge is 2.31. The molecule has 1 fully saturated rings.